The standard InChI is InChI=1S/C20H22N8/c1-7-3-9-15(13-5-11(21)19(23)27-13)18-10(4-8(2)26-18)16(17(9)25-7)14-6-12(22)20(24)28-14/h3-6,25-28H,21-24H2,1-2H3. The third kappa shape index (κ3) is 2.11. The van der Waals surface area contributed by atoms with Gasteiger partial charge in [0.1, 0.15) is 11.6 Å². The molecule has 0 saturated carbocycles. The van der Waals surface area contributed by atoms with Gasteiger partial charge < -0.3 is 42.9 Å². The first-order valence-electron chi connectivity index (χ1n) is 8.96. The van der Waals surface area contributed by atoms with Gasteiger partial charge in [-0.1, -0.05) is 0 Å². The van der Waals surface area contributed by atoms with Gasteiger partial charge in [0.05, 0.1) is 33.8 Å². The maximum atomic E-state index is 6.01. The normalized spacial score (nSPS) is 11.8. The number of anilines is 4. The monoisotopic (exact) mass is 374 g/mol. The molecule has 0 unspecified atom stereocenters. The molecule has 4 heterocycles. The number of aromatic amines is 4. The van der Waals surface area contributed by atoms with Crippen molar-refractivity contribution >= 4 is 44.8 Å². The van der Waals surface area contributed by atoms with E-state index in [-0.39, 0.29) is 0 Å². The molecule has 0 atom stereocenters. The first kappa shape index (κ1) is 16.2. The first-order valence-corrected chi connectivity index (χ1v) is 8.96. The van der Waals surface area contributed by atoms with Crippen molar-refractivity contribution in [3.05, 3.63) is 35.7 Å². The molecular weight excluding hydrogens is 352 g/mol. The van der Waals surface area contributed by atoms with E-state index >= 15 is 0 Å². The van der Waals surface area contributed by atoms with Gasteiger partial charge in [0.2, 0.25) is 0 Å². The van der Waals surface area contributed by atoms with Crippen molar-refractivity contribution < 1.29 is 0 Å². The summed E-state index contributed by atoms with van der Waals surface area (Å²) in [4.78, 5) is 13.4. The van der Waals surface area contributed by atoms with Crippen LogP contribution in [0, 0.1) is 13.8 Å². The molecule has 0 fully saturated rings. The maximum Gasteiger partial charge on any atom is 0.124 e. The Morgan fingerprint density at radius 3 is 1.29 bits per heavy atom. The second kappa shape index (κ2) is 5.29. The third-order valence-electron chi connectivity index (χ3n) is 5.24. The summed E-state index contributed by atoms with van der Waals surface area (Å²) in [5.41, 5.74) is 32.9. The molecule has 1 aromatic carbocycles. The van der Waals surface area contributed by atoms with Crippen LogP contribution in [0.1, 0.15) is 11.4 Å². The average Bonchev–Trinajstić information content (AvgIpc) is 3.34. The lowest BCUT2D eigenvalue weighted by Crippen LogP contribution is -1.91. The minimum absolute atomic E-state index is 0.459. The fourth-order valence-electron chi connectivity index (χ4n) is 4.04. The van der Waals surface area contributed by atoms with Crippen molar-refractivity contribution in [2.45, 2.75) is 13.8 Å². The van der Waals surface area contributed by atoms with Gasteiger partial charge in [-0.05, 0) is 38.1 Å². The molecule has 0 bridgehead atoms. The summed E-state index contributed by atoms with van der Waals surface area (Å²) in [5.74, 6) is 0.918. The highest BCUT2D eigenvalue weighted by molar-refractivity contribution is 6.19. The second-order valence-corrected chi connectivity index (χ2v) is 7.34. The number of aromatic nitrogens is 4. The molecule has 142 valence electrons. The highest BCUT2D eigenvalue weighted by atomic mass is 14.9. The smallest absolute Gasteiger partial charge is 0.124 e. The Morgan fingerprint density at radius 1 is 0.571 bits per heavy atom. The number of rotatable bonds is 2. The zero-order chi connectivity index (χ0) is 19.7. The van der Waals surface area contributed by atoms with E-state index < -0.39 is 0 Å². The number of nitrogens with two attached hydrogens (primary N) is 4. The van der Waals surface area contributed by atoms with Crippen LogP contribution in [0.4, 0.5) is 23.0 Å². The molecular formula is C20H22N8. The van der Waals surface area contributed by atoms with E-state index in [0.29, 0.717) is 23.0 Å². The Kier molecular flexibility index (Phi) is 3.07. The number of hydrogen-bond acceptors (Lipinski definition) is 4. The molecule has 5 aromatic rings. The van der Waals surface area contributed by atoms with E-state index in [1.165, 1.54) is 0 Å². The van der Waals surface area contributed by atoms with E-state index in [4.69, 9.17) is 22.9 Å². The molecule has 0 saturated heterocycles. The molecule has 4 aromatic heterocycles. The summed E-state index contributed by atoms with van der Waals surface area (Å²) in [6.45, 7) is 4.06. The number of aryl methyl sites for hydroxylation is 2. The van der Waals surface area contributed by atoms with E-state index in [2.05, 4.69) is 32.1 Å². The van der Waals surface area contributed by atoms with Gasteiger partial charge in [-0.3, -0.25) is 0 Å². The minimum Gasteiger partial charge on any atom is -0.396 e. The lowest BCUT2D eigenvalue weighted by Gasteiger charge is -2.10. The van der Waals surface area contributed by atoms with Gasteiger partial charge in [0.15, 0.2) is 0 Å². The molecule has 8 heteroatoms. The van der Waals surface area contributed by atoms with Gasteiger partial charge in [-0.2, -0.15) is 0 Å². The van der Waals surface area contributed by atoms with Crippen LogP contribution < -0.4 is 22.9 Å². The summed E-state index contributed by atoms with van der Waals surface area (Å²) < 4.78 is 0. The number of H-pyrrole nitrogens is 4. The zero-order valence-corrected chi connectivity index (χ0v) is 15.6. The predicted molar refractivity (Wildman–Crippen MR) is 117 cm³/mol. The molecule has 0 amide bonds. The lowest BCUT2D eigenvalue weighted by atomic mass is 9.96. The summed E-state index contributed by atoms with van der Waals surface area (Å²) in [7, 11) is 0. The van der Waals surface area contributed by atoms with Crippen LogP contribution >= 0.6 is 0 Å². The van der Waals surface area contributed by atoms with Crippen molar-refractivity contribution in [3.8, 4) is 22.5 Å². The Bertz CT molecular complexity index is 1180. The summed E-state index contributed by atoms with van der Waals surface area (Å²) in [6, 6.07) is 7.97. The number of hydrogen-bond donors (Lipinski definition) is 8. The lowest BCUT2D eigenvalue weighted by molar-refractivity contribution is 1.30. The van der Waals surface area contributed by atoms with Crippen molar-refractivity contribution in [2.75, 3.05) is 22.9 Å². The Morgan fingerprint density at radius 2 is 0.964 bits per heavy atom. The van der Waals surface area contributed by atoms with E-state index in [1.54, 1.807) is 0 Å². The molecule has 0 spiro atoms. The van der Waals surface area contributed by atoms with Crippen LogP contribution in [0.25, 0.3) is 44.3 Å². The van der Waals surface area contributed by atoms with Gasteiger partial charge in [-0.25, -0.2) is 0 Å². The number of benzene rings is 1. The molecule has 28 heavy (non-hydrogen) atoms. The molecule has 5 rings (SSSR count). The average molecular weight is 374 g/mol. The van der Waals surface area contributed by atoms with Crippen LogP contribution in [0.2, 0.25) is 0 Å². The number of nitrogen functional groups attached to an aromatic ring is 4. The largest absolute Gasteiger partial charge is 0.396 e. The van der Waals surface area contributed by atoms with Crippen LogP contribution in [0.5, 0.6) is 0 Å². The third-order valence-corrected chi connectivity index (χ3v) is 5.24. The Labute approximate surface area is 160 Å². The van der Waals surface area contributed by atoms with Crippen LogP contribution in [0.15, 0.2) is 24.3 Å². The molecule has 0 radical (unpaired) electrons. The molecule has 8 nitrogen and oxygen atoms in total. The summed E-state index contributed by atoms with van der Waals surface area (Å²) >= 11 is 0. The van der Waals surface area contributed by atoms with E-state index in [0.717, 1.165) is 55.7 Å². The number of fused-ring (bicyclic) bond motifs is 2. The molecule has 0 aliphatic heterocycles. The number of nitrogens with one attached hydrogen (secondary N) is 4. The zero-order valence-electron chi connectivity index (χ0n) is 15.6. The van der Waals surface area contributed by atoms with Gasteiger partial charge in [0, 0.05) is 33.3 Å². The van der Waals surface area contributed by atoms with Gasteiger partial charge in [-0.15, -0.1) is 0 Å². The van der Waals surface area contributed by atoms with E-state index in [1.807, 2.05) is 26.0 Å². The van der Waals surface area contributed by atoms with Crippen molar-refractivity contribution in [2.24, 2.45) is 0 Å². The Balaban J connectivity index is 1.98. The van der Waals surface area contributed by atoms with Crippen molar-refractivity contribution in [1.82, 2.24) is 19.9 Å². The summed E-state index contributed by atoms with van der Waals surface area (Å²) in [6.07, 6.45) is 0. The summed E-state index contributed by atoms with van der Waals surface area (Å²) in [5, 5.41) is 2.10. The SMILES string of the molecule is Cc1cc2c(-c3cc(N)c(N)[nH]3)c3[nH]c(C)cc3c(-c3cc(N)c(N)[nH]3)c2[nH]1. The predicted octanol–water partition coefficient (Wildman–Crippen LogP) is 3.59. The van der Waals surface area contributed by atoms with Crippen LogP contribution in [-0.4, -0.2) is 19.9 Å². The van der Waals surface area contributed by atoms with Crippen molar-refractivity contribution in [3.63, 3.8) is 0 Å². The van der Waals surface area contributed by atoms with Crippen molar-refractivity contribution in [1.29, 1.82) is 0 Å². The molecule has 0 aliphatic rings. The van der Waals surface area contributed by atoms with Gasteiger partial charge in [0.25, 0.3) is 0 Å². The minimum atomic E-state index is 0.459. The highest BCUT2D eigenvalue weighted by Crippen LogP contribution is 2.44. The second-order valence-electron chi connectivity index (χ2n) is 7.34. The van der Waals surface area contributed by atoms with Gasteiger partial charge >= 0.3 is 0 Å². The molecule has 12 N–H and O–H groups in total. The topological polar surface area (TPSA) is 167 Å². The fraction of sp³-hybridized carbons (Fsp3) is 0.100. The quantitative estimate of drug-likeness (QED) is 0.236. The Hall–Kier alpha value is -3.94. The van der Waals surface area contributed by atoms with Crippen LogP contribution in [-0.2, 0) is 0 Å². The fourth-order valence-corrected chi connectivity index (χ4v) is 4.04. The first-order chi connectivity index (χ1) is 13.3. The van der Waals surface area contributed by atoms with Crippen LogP contribution in [0.3, 0.4) is 0 Å². The molecule has 0 aliphatic carbocycles. The maximum absolute atomic E-state index is 6.01. The highest BCUT2D eigenvalue weighted by Gasteiger charge is 2.22. The van der Waals surface area contributed by atoms with E-state index in [9.17, 15) is 0 Å².